The number of nitrogens with two attached hydrogens (primary N) is 1. The number of aromatic amines is 1. The van der Waals surface area contributed by atoms with Crippen LogP contribution in [0.2, 0.25) is 0 Å². The Labute approximate surface area is 227 Å². The topological polar surface area (TPSA) is 123 Å². The van der Waals surface area contributed by atoms with E-state index < -0.39 is 35.8 Å². The van der Waals surface area contributed by atoms with Gasteiger partial charge in [0.1, 0.15) is 23.4 Å². The first-order valence-corrected chi connectivity index (χ1v) is 12.5. The van der Waals surface area contributed by atoms with Gasteiger partial charge in [-0.25, -0.2) is 14.2 Å². The summed E-state index contributed by atoms with van der Waals surface area (Å²) in [5, 5.41) is 2.60. The molecule has 1 aromatic heterocycles. The maximum Gasteiger partial charge on any atom is 0.573 e. The minimum Gasteiger partial charge on any atom is -0.453 e. The molecule has 2 heterocycles. The van der Waals surface area contributed by atoms with E-state index in [-0.39, 0.29) is 29.0 Å². The minimum absolute atomic E-state index is 0.112. The summed E-state index contributed by atoms with van der Waals surface area (Å²) in [7, 11) is 1.23. The van der Waals surface area contributed by atoms with E-state index in [0.29, 0.717) is 30.0 Å². The number of halogens is 4. The Kier molecular flexibility index (Phi) is 8.21. The van der Waals surface area contributed by atoms with Gasteiger partial charge in [-0.05, 0) is 30.4 Å². The number of anilines is 1. The number of amides is 2. The van der Waals surface area contributed by atoms with Gasteiger partial charge in [0.15, 0.2) is 0 Å². The molecule has 0 aliphatic carbocycles. The van der Waals surface area contributed by atoms with E-state index in [0.717, 1.165) is 18.6 Å². The van der Waals surface area contributed by atoms with Crippen molar-refractivity contribution in [1.82, 2.24) is 20.2 Å². The van der Waals surface area contributed by atoms with Crippen molar-refractivity contribution in [2.45, 2.75) is 45.1 Å². The van der Waals surface area contributed by atoms with E-state index in [9.17, 15) is 27.2 Å². The number of rotatable bonds is 7. The molecule has 9 nitrogen and oxygen atoms in total. The van der Waals surface area contributed by atoms with E-state index in [1.54, 1.807) is 23.2 Å². The van der Waals surface area contributed by atoms with Crippen molar-refractivity contribution < 1.29 is 36.6 Å². The molecule has 1 aliphatic rings. The van der Waals surface area contributed by atoms with Crippen LogP contribution in [0.5, 0.6) is 5.75 Å². The molecule has 0 saturated carbocycles. The highest BCUT2D eigenvalue weighted by atomic mass is 19.4. The lowest BCUT2D eigenvalue weighted by molar-refractivity contribution is -0.274. The van der Waals surface area contributed by atoms with Gasteiger partial charge in [-0.15, -0.1) is 13.2 Å². The van der Waals surface area contributed by atoms with Crippen LogP contribution >= 0.6 is 0 Å². The number of carbonyl (C=O) groups is 2. The highest BCUT2D eigenvalue weighted by Crippen LogP contribution is 2.38. The van der Waals surface area contributed by atoms with Crippen LogP contribution in [-0.4, -0.2) is 52.9 Å². The Balaban J connectivity index is 1.56. The first-order chi connectivity index (χ1) is 18.9. The average molecular weight is 564 g/mol. The number of alkyl carbamates (subject to hydrolysis) is 1. The summed E-state index contributed by atoms with van der Waals surface area (Å²) in [5.41, 5.74) is 6.33. The molecule has 214 valence electrons. The predicted molar refractivity (Wildman–Crippen MR) is 138 cm³/mol. The van der Waals surface area contributed by atoms with Gasteiger partial charge in [0.2, 0.25) is 5.91 Å². The van der Waals surface area contributed by atoms with Gasteiger partial charge in [-0.1, -0.05) is 38.1 Å². The van der Waals surface area contributed by atoms with Crippen LogP contribution in [0.15, 0.2) is 42.6 Å². The normalized spacial score (nSPS) is 16.2. The summed E-state index contributed by atoms with van der Waals surface area (Å²) < 4.78 is 61.5. The first kappa shape index (κ1) is 28.7. The Bertz CT molecular complexity index is 1370. The number of nitrogen functional groups attached to an aromatic ring is 1. The summed E-state index contributed by atoms with van der Waals surface area (Å²) in [6, 6.07) is 6.90. The molecule has 2 aromatic carbocycles. The molecule has 40 heavy (non-hydrogen) atoms. The van der Waals surface area contributed by atoms with Gasteiger partial charge >= 0.3 is 12.5 Å². The molecule has 13 heteroatoms. The second kappa shape index (κ2) is 11.4. The lowest BCUT2D eigenvalue weighted by atomic mass is 10.0. The van der Waals surface area contributed by atoms with Gasteiger partial charge in [-0.2, -0.15) is 0 Å². The second-order valence-electron chi connectivity index (χ2n) is 9.71. The van der Waals surface area contributed by atoms with Crippen molar-refractivity contribution >= 4 is 17.7 Å². The number of likely N-dealkylation sites (tertiary alicyclic amines) is 1. The zero-order chi connectivity index (χ0) is 29.2. The number of H-pyrrole nitrogens is 1. The van der Waals surface area contributed by atoms with Crippen LogP contribution in [0, 0.1) is 11.7 Å². The van der Waals surface area contributed by atoms with Crippen molar-refractivity contribution in [1.29, 1.82) is 0 Å². The number of aromatic nitrogens is 2. The Morgan fingerprint density at radius 2 is 1.85 bits per heavy atom. The third-order valence-corrected chi connectivity index (χ3v) is 6.66. The molecule has 0 bridgehead atoms. The molecule has 4 N–H and O–H groups in total. The SMILES string of the molecule is COC(=O)N[C@H](C(=O)N1CCC[C@H]1c1nc(-c2ccc(-c3cc(F)c(N)cc3OC(F)(F)F)cc2)c[nH]1)C(C)C. The van der Waals surface area contributed by atoms with Crippen LogP contribution in [0.25, 0.3) is 22.4 Å². The zero-order valence-corrected chi connectivity index (χ0v) is 22.0. The number of imidazole rings is 1. The number of benzene rings is 2. The average Bonchev–Trinajstić information content (AvgIpc) is 3.58. The Hall–Kier alpha value is -4.29. The minimum atomic E-state index is -4.98. The number of methoxy groups -OCH3 is 1. The number of nitrogens with one attached hydrogen (secondary N) is 2. The summed E-state index contributed by atoms with van der Waals surface area (Å²) >= 11 is 0. The summed E-state index contributed by atoms with van der Waals surface area (Å²) in [6.07, 6.45) is -2.58. The van der Waals surface area contributed by atoms with E-state index in [1.807, 2.05) is 13.8 Å². The van der Waals surface area contributed by atoms with Crippen LogP contribution < -0.4 is 15.8 Å². The van der Waals surface area contributed by atoms with Gasteiger partial charge in [-0.3, -0.25) is 4.79 Å². The molecular weight excluding hydrogens is 534 g/mol. The number of carbonyl (C=O) groups excluding carboxylic acids is 2. The molecule has 0 radical (unpaired) electrons. The fourth-order valence-corrected chi connectivity index (χ4v) is 4.67. The highest BCUT2D eigenvalue weighted by molar-refractivity contribution is 5.86. The maximum atomic E-state index is 14.1. The van der Waals surface area contributed by atoms with Crippen LogP contribution in [-0.2, 0) is 9.53 Å². The number of alkyl halides is 3. The van der Waals surface area contributed by atoms with E-state index in [1.165, 1.54) is 19.2 Å². The predicted octanol–water partition coefficient (Wildman–Crippen LogP) is 5.41. The quantitative estimate of drug-likeness (QED) is 0.261. The van der Waals surface area contributed by atoms with E-state index >= 15 is 0 Å². The van der Waals surface area contributed by atoms with Crippen molar-refractivity contribution in [3.8, 4) is 28.1 Å². The summed E-state index contributed by atoms with van der Waals surface area (Å²) in [5.74, 6) is -1.34. The Morgan fingerprint density at radius 3 is 2.48 bits per heavy atom. The number of ether oxygens (including phenoxy) is 2. The molecule has 4 rings (SSSR count). The summed E-state index contributed by atoms with van der Waals surface area (Å²) in [4.78, 5) is 34.6. The number of hydrogen-bond acceptors (Lipinski definition) is 6. The largest absolute Gasteiger partial charge is 0.573 e. The standard InChI is InChI=1S/C27H29F4N5O4/c1-14(2)23(35-26(38)39-3)25(37)36-10-4-5-21(36)24-33-13-20(34-24)16-8-6-15(7-9-16)17-11-18(28)19(32)12-22(17)40-27(29,30)31/h6-9,11-14,21,23H,4-5,10,32H2,1-3H3,(H,33,34)(H,35,38)/t21-,23-/m0/s1. The van der Waals surface area contributed by atoms with Crippen LogP contribution in [0.4, 0.5) is 28.0 Å². The zero-order valence-electron chi connectivity index (χ0n) is 22.0. The van der Waals surface area contributed by atoms with Gasteiger partial charge in [0, 0.05) is 29.9 Å². The van der Waals surface area contributed by atoms with E-state index in [4.69, 9.17) is 5.73 Å². The second-order valence-corrected chi connectivity index (χ2v) is 9.71. The maximum absolute atomic E-state index is 14.1. The molecule has 1 aliphatic heterocycles. The number of hydrogen-bond donors (Lipinski definition) is 3. The van der Waals surface area contributed by atoms with Gasteiger partial charge in [0.25, 0.3) is 0 Å². The Morgan fingerprint density at radius 1 is 1.18 bits per heavy atom. The lowest BCUT2D eigenvalue weighted by Crippen LogP contribution is -2.51. The molecule has 3 aromatic rings. The smallest absolute Gasteiger partial charge is 0.453 e. The van der Waals surface area contributed by atoms with Crippen LogP contribution in [0.3, 0.4) is 0 Å². The van der Waals surface area contributed by atoms with Crippen molar-refractivity contribution in [3.63, 3.8) is 0 Å². The molecule has 0 unspecified atom stereocenters. The molecular formula is C27H29F4N5O4. The summed E-state index contributed by atoms with van der Waals surface area (Å²) in [6.45, 7) is 4.16. The van der Waals surface area contributed by atoms with Crippen LogP contribution in [0.1, 0.15) is 38.6 Å². The number of nitrogens with zero attached hydrogens (tertiary/aromatic N) is 2. The highest BCUT2D eigenvalue weighted by Gasteiger charge is 2.37. The molecule has 0 spiro atoms. The van der Waals surface area contributed by atoms with Crippen molar-refractivity contribution in [3.05, 3.63) is 54.2 Å². The fourth-order valence-electron chi connectivity index (χ4n) is 4.67. The van der Waals surface area contributed by atoms with Crippen molar-refractivity contribution in [2.75, 3.05) is 19.4 Å². The molecule has 1 saturated heterocycles. The molecule has 1 fully saturated rings. The lowest BCUT2D eigenvalue weighted by Gasteiger charge is -2.29. The fraction of sp³-hybridized carbons (Fsp3) is 0.370. The van der Waals surface area contributed by atoms with E-state index in [2.05, 4.69) is 24.8 Å². The first-order valence-electron chi connectivity index (χ1n) is 12.5. The van der Waals surface area contributed by atoms with Gasteiger partial charge < -0.3 is 30.4 Å². The monoisotopic (exact) mass is 563 g/mol. The molecule has 2 atom stereocenters. The third kappa shape index (κ3) is 6.29. The molecule has 2 amide bonds. The van der Waals surface area contributed by atoms with Gasteiger partial charge in [0.05, 0.1) is 24.5 Å². The third-order valence-electron chi connectivity index (χ3n) is 6.66. The van der Waals surface area contributed by atoms with Crippen molar-refractivity contribution in [2.24, 2.45) is 5.92 Å².